The van der Waals surface area contributed by atoms with Crippen molar-refractivity contribution in [3.63, 3.8) is 0 Å². The molecule has 1 heterocycles. The van der Waals surface area contributed by atoms with Crippen LogP contribution in [0.5, 0.6) is 0 Å². The molecule has 0 aliphatic carbocycles. The molecule has 0 radical (unpaired) electrons. The topological polar surface area (TPSA) is 81.4 Å². The Bertz CT molecular complexity index is 509. The first kappa shape index (κ1) is 13.6. The van der Waals surface area contributed by atoms with Crippen LogP contribution in [-0.4, -0.2) is 37.0 Å². The molecule has 0 N–H and O–H groups in total. The van der Waals surface area contributed by atoms with Crippen molar-refractivity contribution in [3.8, 4) is 0 Å². The second kappa shape index (κ2) is 5.24. The van der Waals surface area contributed by atoms with Crippen LogP contribution in [0.3, 0.4) is 0 Å². The Labute approximate surface area is 100 Å². The van der Waals surface area contributed by atoms with Crippen LogP contribution in [-0.2, 0) is 10.1 Å². The van der Waals surface area contributed by atoms with Crippen molar-refractivity contribution in [3.05, 3.63) is 24.5 Å². The molecule has 1 rings (SSSR count). The van der Waals surface area contributed by atoms with Crippen LogP contribution in [0, 0.1) is 0 Å². The molecule has 1 aromatic heterocycles. The number of nitrogens with zero attached hydrogens (tertiary/aromatic N) is 2. The Hall–Kier alpha value is -1.47. The number of carbonyl (C=O) groups is 1. The van der Waals surface area contributed by atoms with Crippen molar-refractivity contribution in [2.45, 2.75) is 18.7 Å². The lowest BCUT2D eigenvalue weighted by atomic mass is 10.4. The summed E-state index contributed by atoms with van der Waals surface area (Å²) in [6.45, 7) is 4.65. The lowest BCUT2D eigenvalue weighted by molar-refractivity contribution is -0.580. The zero-order chi connectivity index (χ0) is 13.1. The van der Waals surface area contributed by atoms with Gasteiger partial charge in [0.1, 0.15) is 16.3 Å². The highest BCUT2D eigenvalue weighted by Gasteiger charge is 2.21. The van der Waals surface area contributed by atoms with Gasteiger partial charge in [-0.3, -0.25) is 0 Å². The summed E-state index contributed by atoms with van der Waals surface area (Å²) in [7, 11) is -4.54. The molecule has 0 fully saturated rings. The minimum absolute atomic E-state index is 0.361. The van der Waals surface area contributed by atoms with E-state index in [1.54, 1.807) is 0 Å². The van der Waals surface area contributed by atoms with E-state index in [4.69, 9.17) is 0 Å². The molecular weight excluding hydrogens is 244 g/mol. The molecule has 1 aromatic rings. The molecule has 0 saturated carbocycles. The quantitative estimate of drug-likeness (QED) is 0.572. The van der Waals surface area contributed by atoms with E-state index in [2.05, 4.69) is 0 Å². The van der Waals surface area contributed by atoms with Crippen LogP contribution in [0.1, 0.15) is 13.8 Å². The Kier molecular flexibility index (Phi) is 4.19. The van der Waals surface area contributed by atoms with Gasteiger partial charge in [-0.05, 0) is 26.0 Å². The van der Waals surface area contributed by atoms with Gasteiger partial charge < -0.3 is 4.55 Å². The van der Waals surface area contributed by atoms with E-state index < -0.39 is 15.0 Å². The maximum Gasteiger partial charge on any atom is 0.497 e. The first-order chi connectivity index (χ1) is 7.90. The van der Waals surface area contributed by atoms with Crippen LogP contribution < -0.4 is 4.57 Å². The van der Waals surface area contributed by atoms with Crippen LogP contribution in [0.2, 0.25) is 0 Å². The minimum atomic E-state index is -4.54. The highest BCUT2D eigenvalue weighted by atomic mass is 32.2. The number of pyridine rings is 1. The molecule has 0 aliphatic heterocycles. The monoisotopic (exact) mass is 258 g/mol. The van der Waals surface area contributed by atoms with E-state index in [-0.39, 0.29) is 6.03 Å². The van der Waals surface area contributed by atoms with Gasteiger partial charge in [-0.25, -0.2) is 13.3 Å². The van der Waals surface area contributed by atoms with Gasteiger partial charge in [-0.15, -0.1) is 0 Å². The summed E-state index contributed by atoms with van der Waals surface area (Å²) >= 11 is 0. The Balaban J connectivity index is 3.12. The van der Waals surface area contributed by atoms with E-state index in [9.17, 15) is 17.8 Å². The third-order valence-electron chi connectivity index (χ3n) is 2.32. The second-order valence-electron chi connectivity index (χ2n) is 3.36. The van der Waals surface area contributed by atoms with Gasteiger partial charge in [0.25, 0.3) is 0 Å². The molecule has 0 bridgehead atoms. The van der Waals surface area contributed by atoms with Crippen molar-refractivity contribution >= 4 is 16.1 Å². The highest BCUT2D eigenvalue weighted by Crippen LogP contribution is 2.03. The second-order valence-corrected chi connectivity index (χ2v) is 4.74. The van der Waals surface area contributed by atoms with Crippen molar-refractivity contribution in [2.24, 2.45) is 0 Å². The first-order valence-corrected chi connectivity index (χ1v) is 6.57. The van der Waals surface area contributed by atoms with Gasteiger partial charge in [-0.1, -0.05) is 0 Å². The summed E-state index contributed by atoms with van der Waals surface area (Å²) in [6.07, 6.45) is 2.44. The van der Waals surface area contributed by atoms with Gasteiger partial charge in [-0.2, -0.15) is 9.36 Å². The van der Waals surface area contributed by atoms with Crippen molar-refractivity contribution in [2.75, 3.05) is 13.1 Å². The molecular formula is C10H14N2O4S. The lowest BCUT2D eigenvalue weighted by Crippen LogP contribution is -2.52. The summed E-state index contributed by atoms with van der Waals surface area (Å²) in [5, 5.41) is 0. The molecule has 6 nitrogen and oxygen atoms in total. The van der Waals surface area contributed by atoms with E-state index in [0.29, 0.717) is 13.1 Å². The van der Waals surface area contributed by atoms with Gasteiger partial charge >= 0.3 is 6.03 Å². The first-order valence-electron chi connectivity index (χ1n) is 5.16. The van der Waals surface area contributed by atoms with Crippen molar-refractivity contribution in [1.29, 1.82) is 0 Å². The average Bonchev–Trinajstić information content (AvgIpc) is 2.29. The molecule has 17 heavy (non-hydrogen) atoms. The number of rotatable bonds is 3. The summed E-state index contributed by atoms with van der Waals surface area (Å²) in [5.74, 6) is 0. The summed E-state index contributed by atoms with van der Waals surface area (Å²) < 4.78 is 33.6. The molecule has 7 heteroatoms. The van der Waals surface area contributed by atoms with Crippen LogP contribution in [0.25, 0.3) is 0 Å². The zero-order valence-corrected chi connectivity index (χ0v) is 10.5. The average molecular weight is 258 g/mol. The fraction of sp³-hybridized carbons (Fsp3) is 0.400. The van der Waals surface area contributed by atoms with E-state index in [1.165, 1.54) is 17.2 Å². The number of amides is 1. The number of hydrogen-bond donors (Lipinski definition) is 0. The predicted octanol–water partition coefficient (Wildman–Crippen LogP) is 0.188. The standard InChI is InChI=1S/C10H14N2O4S/c1-3-11(4-2)10(13)12-7-5-6-9(8-12)17(14,15)16/h5-8H,3-4H2,1-2H3. The Morgan fingerprint density at radius 3 is 2.47 bits per heavy atom. The third kappa shape index (κ3) is 3.24. The van der Waals surface area contributed by atoms with E-state index in [0.717, 1.165) is 16.8 Å². The fourth-order valence-corrected chi connectivity index (χ4v) is 1.87. The van der Waals surface area contributed by atoms with Crippen molar-refractivity contribution < 1.29 is 22.3 Å². The smallest absolute Gasteiger partial charge is 0.497 e. The predicted molar refractivity (Wildman–Crippen MR) is 58.3 cm³/mol. The lowest BCUT2D eigenvalue weighted by Gasteiger charge is -2.11. The number of hydrogen-bond acceptors (Lipinski definition) is 4. The minimum Gasteiger partial charge on any atom is -0.744 e. The molecule has 1 amide bonds. The summed E-state index contributed by atoms with van der Waals surface area (Å²) in [5.41, 5.74) is 0. The molecule has 94 valence electrons. The van der Waals surface area contributed by atoms with Gasteiger partial charge in [0.2, 0.25) is 0 Å². The maximum atomic E-state index is 11.9. The maximum absolute atomic E-state index is 11.9. The fourth-order valence-electron chi connectivity index (χ4n) is 1.38. The van der Waals surface area contributed by atoms with E-state index in [1.807, 2.05) is 13.8 Å². The summed E-state index contributed by atoms with van der Waals surface area (Å²) in [4.78, 5) is 13.0. The number of aromatic nitrogens is 1. The molecule has 0 atom stereocenters. The zero-order valence-electron chi connectivity index (χ0n) is 9.66. The van der Waals surface area contributed by atoms with Crippen LogP contribution >= 0.6 is 0 Å². The van der Waals surface area contributed by atoms with Crippen LogP contribution in [0.15, 0.2) is 29.4 Å². The Morgan fingerprint density at radius 1 is 1.41 bits per heavy atom. The van der Waals surface area contributed by atoms with E-state index >= 15 is 0 Å². The highest BCUT2D eigenvalue weighted by molar-refractivity contribution is 7.85. The SMILES string of the molecule is CCN(CC)C(=O)[n+]1cccc(S(=O)(=O)[O-])c1. The van der Waals surface area contributed by atoms with Crippen LogP contribution in [0.4, 0.5) is 4.79 Å². The summed E-state index contributed by atoms with van der Waals surface area (Å²) in [6, 6.07) is 2.15. The molecule has 0 unspecified atom stereocenters. The largest absolute Gasteiger partial charge is 0.744 e. The molecule has 0 saturated heterocycles. The number of carbonyl (C=O) groups excluding carboxylic acids is 1. The molecule has 0 spiro atoms. The van der Waals surface area contributed by atoms with Gasteiger partial charge in [0.15, 0.2) is 0 Å². The van der Waals surface area contributed by atoms with Gasteiger partial charge in [0.05, 0.1) is 24.2 Å². The molecule has 0 aromatic carbocycles. The van der Waals surface area contributed by atoms with Gasteiger partial charge in [0, 0.05) is 0 Å². The third-order valence-corrected chi connectivity index (χ3v) is 3.14. The van der Waals surface area contributed by atoms with Crippen molar-refractivity contribution in [1.82, 2.24) is 4.90 Å². The Morgan fingerprint density at radius 2 is 2.00 bits per heavy atom. The molecule has 0 aliphatic rings. The normalized spacial score (nSPS) is 11.2.